The van der Waals surface area contributed by atoms with Gasteiger partial charge in [0, 0.05) is 0 Å². The number of carbonyl (C=O) groups excluding carboxylic acids is 1. The molecule has 0 bridgehead atoms. The van der Waals surface area contributed by atoms with Crippen molar-refractivity contribution in [2.75, 3.05) is 13.2 Å². The molecule has 2 N–H and O–H groups in total. The average molecular weight is 231 g/mol. The molecule has 6 nitrogen and oxygen atoms in total. The number of alkyl carbamates (subject to hydrolysis) is 1. The average Bonchev–Trinajstić information content (AvgIpc) is 2.47. The van der Waals surface area contributed by atoms with Gasteiger partial charge in [0.05, 0.1) is 19.3 Å². The maximum absolute atomic E-state index is 11.4. The van der Waals surface area contributed by atoms with Crippen molar-refractivity contribution in [3.8, 4) is 0 Å². The fourth-order valence-corrected chi connectivity index (χ4v) is 1.40. The number of carboxylic acids is 1. The van der Waals surface area contributed by atoms with Crippen molar-refractivity contribution in [2.24, 2.45) is 5.92 Å². The number of carbonyl (C=O) groups is 2. The lowest BCUT2D eigenvalue weighted by atomic mass is 10.0. The van der Waals surface area contributed by atoms with Gasteiger partial charge >= 0.3 is 12.1 Å². The van der Waals surface area contributed by atoms with Crippen LogP contribution < -0.4 is 5.32 Å². The van der Waals surface area contributed by atoms with E-state index in [0.717, 1.165) is 0 Å². The smallest absolute Gasteiger partial charge is 0.407 e. The van der Waals surface area contributed by atoms with Crippen LogP contribution in [-0.2, 0) is 14.3 Å². The van der Waals surface area contributed by atoms with Gasteiger partial charge in [-0.15, -0.1) is 0 Å². The van der Waals surface area contributed by atoms with Crippen LogP contribution in [0, 0.1) is 5.92 Å². The Morgan fingerprint density at radius 2 is 2.00 bits per heavy atom. The SMILES string of the molecule is CC(C)(C)OC(=O)N[C@@H]1COCC1C(=O)O. The van der Waals surface area contributed by atoms with E-state index in [0.29, 0.717) is 0 Å². The lowest BCUT2D eigenvalue weighted by Gasteiger charge is -2.22. The Balaban J connectivity index is 2.47. The Kier molecular flexibility index (Phi) is 3.74. The first-order valence-corrected chi connectivity index (χ1v) is 5.09. The van der Waals surface area contributed by atoms with Crippen molar-refractivity contribution < 1.29 is 24.2 Å². The molecule has 6 heteroatoms. The molecule has 1 aliphatic heterocycles. The summed E-state index contributed by atoms with van der Waals surface area (Å²) in [5.74, 6) is -1.67. The Morgan fingerprint density at radius 3 is 2.50 bits per heavy atom. The van der Waals surface area contributed by atoms with Crippen molar-refractivity contribution in [2.45, 2.75) is 32.4 Å². The molecule has 1 heterocycles. The van der Waals surface area contributed by atoms with Crippen LogP contribution in [0.4, 0.5) is 4.79 Å². The molecule has 0 aromatic rings. The van der Waals surface area contributed by atoms with Gasteiger partial charge in [-0.05, 0) is 20.8 Å². The maximum atomic E-state index is 11.4. The van der Waals surface area contributed by atoms with Crippen LogP contribution in [0.1, 0.15) is 20.8 Å². The first-order valence-electron chi connectivity index (χ1n) is 5.09. The van der Waals surface area contributed by atoms with Crippen LogP contribution >= 0.6 is 0 Å². The highest BCUT2D eigenvalue weighted by Crippen LogP contribution is 2.15. The third-order valence-corrected chi connectivity index (χ3v) is 2.10. The summed E-state index contributed by atoms with van der Waals surface area (Å²) in [6.45, 7) is 5.55. The van der Waals surface area contributed by atoms with E-state index in [1.54, 1.807) is 20.8 Å². The fourth-order valence-electron chi connectivity index (χ4n) is 1.40. The van der Waals surface area contributed by atoms with Crippen molar-refractivity contribution in [1.29, 1.82) is 0 Å². The van der Waals surface area contributed by atoms with Crippen LogP contribution in [0.3, 0.4) is 0 Å². The summed E-state index contributed by atoms with van der Waals surface area (Å²) in [7, 11) is 0. The lowest BCUT2D eigenvalue weighted by molar-refractivity contribution is -0.142. The van der Waals surface area contributed by atoms with E-state index in [1.165, 1.54) is 0 Å². The Bertz CT molecular complexity index is 283. The van der Waals surface area contributed by atoms with Crippen molar-refractivity contribution in [3.63, 3.8) is 0 Å². The van der Waals surface area contributed by atoms with E-state index in [4.69, 9.17) is 14.6 Å². The molecular formula is C10H17NO5. The summed E-state index contributed by atoms with van der Waals surface area (Å²) >= 11 is 0. The summed E-state index contributed by atoms with van der Waals surface area (Å²) in [4.78, 5) is 22.2. The maximum Gasteiger partial charge on any atom is 0.407 e. The molecule has 0 aromatic heterocycles. The van der Waals surface area contributed by atoms with Gasteiger partial charge in [-0.1, -0.05) is 0 Å². The minimum Gasteiger partial charge on any atom is -0.481 e. The molecular weight excluding hydrogens is 214 g/mol. The molecule has 0 aromatic carbocycles. The number of hydrogen-bond donors (Lipinski definition) is 2. The second-order valence-corrected chi connectivity index (χ2v) is 4.73. The predicted octanol–water partition coefficient (Wildman–Crippen LogP) is 0.611. The molecule has 1 unspecified atom stereocenters. The summed E-state index contributed by atoms with van der Waals surface area (Å²) in [6.07, 6.45) is -0.616. The van der Waals surface area contributed by atoms with Crippen LogP contribution in [0.25, 0.3) is 0 Å². The summed E-state index contributed by atoms with van der Waals surface area (Å²) in [5.41, 5.74) is -0.595. The molecule has 2 atom stereocenters. The van der Waals surface area contributed by atoms with Crippen LogP contribution in [0.5, 0.6) is 0 Å². The van der Waals surface area contributed by atoms with E-state index in [-0.39, 0.29) is 13.2 Å². The van der Waals surface area contributed by atoms with E-state index >= 15 is 0 Å². The third-order valence-electron chi connectivity index (χ3n) is 2.10. The zero-order valence-corrected chi connectivity index (χ0v) is 9.65. The molecule has 1 rings (SSSR count). The van der Waals surface area contributed by atoms with Gasteiger partial charge in [0.1, 0.15) is 11.5 Å². The Morgan fingerprint density at radius 1 is 1.38 bits per heavy atom. The molecule has 1 amide bonds. The van der Waals surface area contributed by atoms with Gasteiger partial charge in [0.2, 0.25) is 0 Å². The van der Waals surface area contributed by atoms with Crippen molar-refractivity contribution >= 4 is 12.1 Å². The molecule has 16 heavy (non-hydrogen) atoms. The van der Waals surface area contributed by atoms with Gasteiger partial charge in [-0.2, -0.15) is 0 Å². The standard InChI is InChI=1S/C10H17NO5/c1-10(2,3)16-9(14)11-7-5-15-4-6(7)8(12)13/h6-7H,4-5H2,1-3H3,(H,11,14)(H,12,13)/t6?,7-/m1/s1. The van der Waals surface area contributed by atoms with Crippen LogP contribution in [0.2, 0.25) is 0 Å². The predicted molar refractivity (Wildman–Crippen MR) is 55.1 cm³/mol. The number of amides is 1. The molecule has 0 aliphatic carbocycles. The zero-order chi connectivity index (χ0) is 12.3. The number of ether oxygens (including phenoxy) is 2. The monoisotopic (exact) mass is 231 g/mol. The quantitative estimate of drug-likeness (QED) is 0.727. The van der Waals surface area contributed by atoms with Gasteiger partial charge < -0.3 is 19.9 Å². The number of hydrogen-bond acceptors (Lipinski definition) is 4. The highest BCUT2D eigenvalue weighted by atomic mass is 16.6. The van der Waals surface area contributed by atoms with E-state index in [9.17, 15) is 9.59 Å². The van der Waals surface area contributed by atoms with E-state index < -0.39 is 29.6 Å². The number of rotatable bonds is 2. The van der Waals surface area contributed by atoms with Crippen molar-refractivity contribution in [1.82, 2.24) is 5.32 Å². The number of carboxylic acid groups (broad SMARTS) is 1. The highest BCUT2D eigenvalue weighted by molar-refractivity contribution is 5.74. The summed E-state index contributed by atoms with van der Waals surface area (Å²) < 4.78 is 10.0. The topological polar surface area (TPSA) is 84.9 Å². The van der Waals surface area contributed by atoms with Gasteiger partial charge in [-0.3, -0.25) is 4.79 Å². The molecule has 1 aliphatic rings. The fraction of sp³-hybridized carbons (Fsp3) is 0.800. The lowest BCUT2D eigenvalue weighted by Crippen LogP contribution is -2.44. The Hall–Kier alpha value is -1.30. The van der Waals surface area contributed by atoms with E-state index in [2.05, 4.69) is 5.32 Å². The molecule has 0 saturated carbocycles. The zero-order valence-electron chi connectivity index (χ0n) is 9.65. The third kappa shape index (κ3) is 3.69. The largest absolute Gasteiger partial charge is 0.481 e. The molecule has 1 saturated heterocycles. The second kappa shape index (κ2) is 4.69. The molecule has 0 radical (unpaired) electrons. The van der Waals surface area contributed by atoms with Gasteiger partial charge in [0.25, 0.3) is 0 Å². The minimum atomic E-state index is -0.974. The normalized spacial score (nSPS) is 25.2. The van der Waals surface area contributed by atoms with Crippen LogP contribution in [0.15, 0.2) is 0 Å². The molecule has 0 spiro atoms. The molecule has 1 fully saturated rings. The van der Waals surface area contributed by atoms with E-state index in [1.807, 2.05) is 0 Å². The minimum absolute atomic E-state index is 0.121. The van der Waals surface area contributed by atoms with Gasteiger partial charge in [-0.25, -0.2) is 4.79 Å². The highest BCUT2D eigenvalue weighted by Gasteiger charge is 2.35. The van der Waals surface area contributed by atoms with Crippen LogP contribution in [-0.4, -0.2) is 42.0 Å². The Labute approximate surface area is 93.9 Å². The summed E-state index contributed by atoms with van der Waals surface area (Å²) in [5, 5.41) is 11.4. The number of aliphatic carboxylic acids is 1. The molecule has 92 valence electrons. The first kappa shape index (κ1) is 12.8. The van der Waals surface area contributed by atoms with Gasteiger partial charge in [0.15, 0.2) is 0 Å². The first-order chi connectivity index (χ1) is 7.29. The number of nitrogens with one attached hydrogen (secondary N) is 1. The van der Waals surface area contributed by atoms with Crippen molar-refractivity contribution in [3.05, 3.63) is 0 Å². The summed E-state index contributed by atoms with van der Waals surface area (Å²) in [6, 6.07) is -0.521. The second-order valence-electron chi connectivity index (χ2n) is 4.73.